The molecule has 0 fully saturated rings. The van der Waals surface area contributed by atoms with E-state index in [0.717, 1.165) is 18.2 Å². The van der Waals surface area contributed by atoms with Gasteiger partial charge in [-0.1, -0.05) is 18.2 Å². The first-order chi connectivity index (χ1) is 13.4. The summed E-state index contributed by atoms with van der Waals surface area (Å²) in [4.78, 5) is 21.6. The molecule has 0 radical (unpaired) electrons. The first-order valence-electron chi connectivity index (χ1n) is 8.11. The molecule has 29 heavy (non-hydrogen) atoms. The van der Waals surface area contributed by atoms with E-state index in [1.165, 1.54) is 25.1 Å². The Morgan fingerprint density at radius 3 is 2.45 bits per heavy atom. The molecule has 1 atom stereocenters. The number of nitro groups is 1. The highest BCUT2D eigenvalue weighted by Crippen LogP contribution is 2.30. The molecule has 0 aromatic heterocycles. The zero-order chi connectivity index (χ0) is 21.8. The van der Waals surface area contributed by atoms with Gasteiger partial charge in [-0.2, -0.15) is 13.2 Å². The zero-order valence-corrected chi connectivity index (χ0v) is 15.8. The summed E-state index contributed by atoms with van der Waals surface area (Å²) >= 11 is 0. The monoisotopic (exact) mass is 431 g/mol. The van der Waals surface area contributed by atoms with Gasteiger partial charge in [-0.25, -0.2) is 13.1 Å². The fourth-order valence-corrected chi connectivity index (χ4v) is 3.39. The molecule has 2 N–H and O–H groups in total. The van der Waals surface area contributed by atoms with Crippen LogP contribution in [-0.4, -0.2) is 25.8 Å². The molecule has 0 spiro atoms. The molecule has 0 bridgehead atoms. The first-order valence-corrected chi connectivity index (χ1v) is 9.59. The van der Waals surface area contributed by atoms with Crippen LogP contribution in [0.1, 0.15) is 24.1 Å². The van der Waals surface area contributed by atoms with Crippen LogP contribution in [0.25, 0.3) is 0 Å². The second kappa shape index (κ2) is 8.57. The molecule has 0 aliphatic heterocycles. The average Bonchev–Trinajstić information content (AvgIpc) is 2.66. The number of carbonyl (C=O) groups is 1. The predicted molar refractivity (Wildman–Crippen MR) is 96.3 cm³/mol. The Kier molecular flexibility index (Phi) is 6.59. The highest BCUT2D eigenvalue weighted by Gasteiger charge is 2.31. The number of non-ortho nitro benzene ring substituents is 1. The Morgan fingerprint density at radius 1 is 1.17 bits per heavy atom. The van der Waals surface area contributed by atoms with Crippen LogP contribution in [0.4, 0.5) is 18.9 Å². The fourth-order valence-electron chi connectivity index (χ4n) is 2.37. The van der Waals surface area contributed by atoms with Crippen LogP contribution >= 0.6 is 0 Å². The van der Waals surface area contributed by atoms with Crippen LogP contribution in [0.3, 0.4) is 0 Å². The van der Waals surface area contributed by atoms with Crippen molar-refractivity contribution in [2.45, 2.75) is 24.0 Å². The van der Waals surface area contributed by atoms with E-state index < -0.39 is 50.1 Å². The van der Waals surface area contributed by atoms with Crippen LogP contribution in [-0.2, 0) is 21.0 Å². The Bertz CT molecular complexity index is 1020. The second-order valence-electron chi connectivity index (χ2n) is 5.99. The van der Waals surface area contributed by atoms with Gasteiger partial charge < -0.3 is 5.32 Å². The van der Waals surface area contributed by atoms with Gasteiger partial charge in [-0.15, -0.1) is 0 Å². The van der Waals surface area contributed by atoms with Gasteiger partial charge in [0.2, 0.25) is 15.9 Å². The molecule has 156 valence electrons. The number of alkyl halides is 3. The maximum atomic E-state index is 12.7. The first kappa shape index (κ1) is 22.3. The minimum absolute atomic E-state index is 0.172. The highest BCUT2D eigenvalue weighted by atomic mass is 32.2. The molecule has 0 heterocycles. The average molecular weight is 431 g/mol. The van der Waals surface area contributed by atoms with E-state index in [1.54, 1.807) is 6.07 Å². The van der Waals surface area contributed by atoms with Crippen LogP contribution in [0.2, 0.25) is 0 Å². The summed E-state index contributed by atoms with van der Waals surface area (Å²) in [7, 11) is -4.36. The normalized spacial score (nSPS) is 13.0. The van der Waals surface area contributed by atoms with Crippen molar-refractivity contribution >= 4 is 21.6 Å². The topological polar surface area (TPSA) is 118 Å². The second-order valence-corrected chi connectivity index (χ2v) is 7.76. The molecular formula is C17H16F3N3O5S. The van der Waals surface area contributed by atoms with E-state index in [-0.39, 0.29) is 5.69 Å². The molecule has 1 unspecified atom stereocenters. The standard InChI is InChI=1S/C17H16F3N3O5S/c1-11(12-4-2-6-14(8-12)23(25)26)22-16(24)10-21-29(27,28)15-7-3-5-13(9-15)17(18,19)20/h2-9,11,21H,10H2,1H3,(H,22,24). The molecule has 8 nitrogen and oxygen atoms in total. The van der Waals surface area contributed by atoms with Gasteiger partial charge >= 0.3 is 6.18 Å². The summed E-state index contributed by atoms with van der Waals surface area (Å²) in [5, 5.41) is 13.3. The molecule has 1 amide bonds. The van der Waals surface area contributed by atoms with Crippen molar-refractivity contribution in [3.8, 4) is 0 Å². The van der Waals surface area contributed by atoms with Crippen molar-refractivity contribution < 1.29 is 31.3 Å². The number of sulfonamides is 1. The number of benzene rings is 2. The Morgan fingerprint density at radius 2 is 1.83 bits per heavy atom. The SMILES string of the molecule is CC(NC(=O)CNS(=O)(=O)c1cccc(C(F)(F)F)c1)c1cccc([N+](=O)[O-])c1. The minimum Gasteiger partial charge on any atom is -0.348 e. The highest BCUT2D eigenvalue weighted by molar-refractivity contribution is 7.89. The summed E-state index contributed by atoms with van der Waals surface area (Å²) in [5.74, 6) is -0.764. The van der Waals surface area contributed by atoms with Gasteiger partial charge in [0.15, 0.2) is 0 Å². The van der Waals surface area contributed by atoms with Crippen LogP contribution < -0.4 is 10.0 Å². The molecule has 0 saturated heterocycles. The maximum absolute atomic E-state index is 12.7. The van der Waals surface area contributed by atoms with E-state index in [4.69, 9.17) is 0 Å². The lowest BCUT2D eigenvalue weighted by atomic mass is 10.1. The Labute approximate surface area is 163 Å². The van der Waals surface area contributed by atoms with Gasteiger partial charge in [0.05, 0.1) is 28.0 Å². The molecule has 0 aliphatic rings. The number of nitro benzene ring substituents is 1. The largest absolute Gasteiger partial charge is 0.416 e. The third-order valence-corrected chi connectivity index (χ3v) is 5.25. The summed E-state index contributed by atoms with van der Waals surface area (Å²) < 4.78 is 64.4. The smallest absolute Gasteiger partial charge is 0.348 e. The minimum atomic E-state index is -4.71. The lowest BCUT2D eigenvalue weighted by Crippen LogP contribution is -2.38. The van der Waals surface area contributed by atoms with E-state index in [2.05, 4.69) is 5.32 Å². The number of carbonyl (C=O) groups excluding carboxylic acids is 1. The maximum Gasteiger partial charge on any atom is 0.416 e. The van der Waals surface area contributed by atoms with Crippen LogP contribution in [0.5, 0.6) is 0 Å². The Hall–Kier alpha value is -2.99. The quantitative estimate of drug-likeness (QED) is 0.516. The van der Waals surface area contributed by atoms with Crippen molar-refractivity contribution in [1.29, 1.82) is 0 Å². The van der Waals surface area contributed by atoms with Gasteiger partial charge in [0.1, 0.15) is 0 Å². The van der Waals surface area contributed by atoms with Crippen molar-refractivity contribution in [1.82, 2.24) is 10.0 Å². The number of hydrogen-bond acceptors (Lipinski definition) is 5. The van der Waals surface area contributed by atoms with E-state index in [1.807, 2.05) is 4.72 Å². The molecule has 12 heteroatoms. The third-order valence-electron chi connectivity index (χ3n) is 3.85. The summed E-state index contributed by atoms with van der Waals surface area (Å²) in [6, 6.07) is 7.97. The predicted octanol–water partition coefficient (Wildman–Crippen LogP) is 2.77. The van der Waals surface area contributed by atoms with Crippen molar-refractivity contribution in [3.63, 3.8) is 0 Å². The fraction of sp³-hybridized carbons (Fsp3) is 0.235. The number of nitrogens with zero attached hydrogens (tertiary/aromatic N) is 1. The number of amides is 1. The number of nitrogens with one attached hydrogen (secondary N) is 2. The molecule has 2 aromatic carbocycles. The lowest BCUT2D eigenvalue weighted by molar-refractivity contribution is -0.384. The molecule has 2 rings (SSSR count). The van der Waals surface area contributed by atoms with Gasteiger partial charge in [0.25, 0.3) is 5.69 Å². The van der Waals surface area contributed by atoms with E-state index >= 15 is 0 Å². The molecule has 0 saturated carbocycles. The molecule has 0 aliphatic carbocycles. The zero-order valence-electron chi connectivity index (χ0n) is 14.9. The Balaban J connectivity index is 2.03. The number of halogens is 3. The van der Waals surface area contributed by atoms with Gasteiger partial charge in [-0.05, 0) is 30.7 Å². The molecule has 2 aromatic rings. The van der Waals surface area contributed by atoms with Crippen LogP contribution in [0.15, 0.2) is 53.4 Å². The van der Waals surface area contributed by atoms with Gasteiger partial charge in [-0.3, -0.25) is 14.9 Å². The van der Waals surface area contributed by atoms with Crippen molar-refractivity contribution in [3.05, 3.63) is 69.8 Å². The van der Waals surface area contributed by atoms with Gasteiger partial charge in [0, 0.05) is 12.1 Å². The summed E-state index contributed by atoms with van der Waals surface area (Å²) in [5.41, 5.74) is -0.883. The van der Waals surface area contributed by atoms with E-state index in [9.17, 15) is 36.5 Å². The number of hydrogen-bond donors (Lipinski definition) is 2. The van der Waals surface area contributed by atoms with Crippen molar-refractivity contribution in [2.24, 2.45) is 0 Å². The number of rotatable bonds is 7. The van der Waals surface area contributed by atoms with Crippen LogP contribution in [0, 0.1) is 10.1 Å². The van der Waals surface area contributed by atoms with Crippen molar-refractivity contribution in [2.75, 3.05) is 6.54 Å². The lowest BCUT2D eigenvalue weighted by Gasteiger charge is -2.15. The summed E-state index contributed by atoms with van der Waals surface area (Å²) in [6.45, 7) is 0.816. The van der Waals surface area contributed by atoms with E-state index in [0.29, 0.717) is 11.6 Å². The summed E-state index contributed by atoms with van der Waals surface area (Å²) in [6.07, 6.45) is -4.71. The molecular weight excluding hydrogens is 415 g/mol. The third kappa shape index (κ3) is 5.99.